The average Bonchev–Trinajstić information content (AvgIpc) is 2.34. The number of hydrogen-bond donors (Lipinski definition) is 2. The van der Waals surface area contributed by atoms with E-state index < -0.39 is 0 Å². The van der Waals surface area contributed by atoms with Crippen molar-refractivity contribution in [3.05, 3.63) is 23.8 Å². The van der Waals surface area contributed by atoms with Gasteiger partial charge in [0.1, 0.15) is 5.75 Å². The van der Waals surface area contributed by atoms with Gasteiger partial charge in [-0.3, -0.25) is 4.79 Å². The lowest BCUT2D eigenvalue weighted by Gasteiger charge is -2.17. The highest BCUT2D eigenvalue weighted by Crippen LogP contribution is 2.26. The molecule has 4 nitrogen and oxygen atoms in total. The zero-order valence-corrected chi connectivity index (χ0v) is 10.6. The van der Waals surface area contributed by atoms with Gasteiger partial charge in [-0.1, -0.05) is 0 Å². The van der Waals surface area contributed by atoms with Crippen LogP contribution in [-0.4, -0.2) is 23.7 Å². The van der Waals surface area contributed by atoms with E-state index in [9.17, 15) is 4.79 Å². The number of aliphatic hydroxyl groups excluding tert-OH is 1. The van der Waals surface area contributed by atoms with Gasteiger partial charge >= 0.3 is 0 Å². The Balaban J connectivity index is 1.89. The highest BCUT2D eigenvalue weighted by atomic mass is 16.5. The number of fused-ring (bicyclic) bond motifs is 1. The van der Waals surface area contributed by atoms with E-state index in [4.69, 9.17) is 9.84 Å². The van der Waals surface area contributed by atoms with Crippen LogP contribution in [0.3, 0.4) is 0 Å². The first kappa shape index (κ1) is 12.9. The van der Waals surface area contributed by atoms with Crippen LogP contribution in [0.4, 0.5) is 5.69 Å². The molecule has 1 aliphatic heterocycles. The molecule has 1 heterocycles. The topological polar surface area (TPSA) is 58.6 Å². The van der Waals surface area contributed by atoms with Gasteiger partial charge in [0.2, 0.25) is 5.91 Å². The van der Waals surface area contributed by atoms with Crippen molar-refractivity contribution in [3.8, 4) is 5.75 Å². The van der Waals surface area contributed by atoms with Gasteiger partial charge in [-0.05, 0) is 49.9 Å². The van der Waals surface area contributed by atoms with Crippen molar-refractivity contribution in [1.82, 2.24) is 0 Å². The summed E-state index contributed by atoms with van der Waals surface area (Å²) in [5.41, 5.74) is 2.02. The van der Waals surface area contributed by atoms with Crippen LogP contribution < -0.4 is 10.1 Å². The monoisotopic (exact) mass is 249 g/mol. The fraction of sp³-hybridized carbons (Fsp3) is 0.500. The van der Waals surface area contributed by atoms with Gasteiger partial charge in [-0.15, -0.1) is 0 Å². The normalized spacial score (nSPS) is 15.8. The largest absolute Gasteiger partial charge is 0.494 e. The molecule has 1 aliphatic rings. The number of amides is 1. The molecule has 2 N–H and O–H groups in total. The van der Waals surface area contributed by atoms with Crippen LogP contribution >= 0.6 is 0 Å². The molecule has 1 aromatic carbocycles. The molecule has 0 fully saturated rings. The summed E-state index contributed by atoms with van der Waals surface area (Å²) < 4.78 is 5.63. The second-order valence-electron chi connectivity index (χ2n) is 4.71. The molecule has 0 spiro atoms. The van der Waals surface area contributed by atoms with Gasteiger partial charge in [0, 0.05) is 12.1 Å². The summed E-state index contributed by atoms with van der Waals surface area (Å²) in [6, 6.07) is 5.74. The number of hydrogen-bond acceptors (Lipinski definition) is 3. The number of carbonyl (C=O) groups excluding carboxylic acids is 1. The molecule has 0 saturated heterocycles. The third-order valence-electron chi connectivity index (χ3n) is 3.01. The second kappa shape index (κ2) is 5.87. The van der Waals surface area contributed by atoms with Crippen molar-refractivity contribution in [3.63, 3.8) is 0 Å². The molecule has 0 bridgehead atoms. The Bertz CT molecular complexity index is 429. The van der Waals surface area contributed by atoms with Gasteiger partial charge in [0.15, 0.2) is 0 Å². The number of aliphatic hydroxyl groups is 1. The lowest BCUT2D eigenvalue weighted by atomic mass is 10.0. The summed E-state index contributed by atoms with van der Waals surface area (Å²) >= 11 is 0. The molecule has 1 unspecified atom stereocenters. The number of anilines is 1. The van der Waals surface area contributed by atoms with Crippen molar-refractivity contribution in [2.24, 2.45) is 0 Å². The molecule has 98 valence electrons. The molecule has 2 rings (SSSR count). The first-order chi connectivity index (χ1) is 8.65. The minimum absolute atomic E-state index is 0.0769. The molecule has 18 heavy (non-hydrogen) atoms. The average molecular weight is 249 g/mol. The van der Waals surface area contributed by atoms with E-state index in [1.165, 1.54) is 0 Å². The van der Waals surface area contributed by atoms with Crippen LogP contribution in [0.2, 0.25) is 0 Å². The smallest absolute Gasteiger partial charge is 0.224 e. The summed E-state index contributed by atoms with van der Waals surface area (Å²) in [5.74, 6) is 0.906. The highest BCUT2D eigenvalue weighted by Gasteiger charge is 2.14. The van der Waals surface area contributed by atoms with Gasteiger partial charge in [-0.2, -0.15) is 0 Å². The zero-order valence-electron chi connectivity index (χ0n) is 10.6. The number of nitrogens with one attached hydrogen (secondary N) is 1. The molecule has 0 radical (unpaired) electrons. The summed E-state index contributed by atoms with van der Waals surface area (Å²) in [6.07, 6.45) is 2.63. The minimum Gasteiger partial charge on any atom is -0.494 e. The van der Waals surface area contributed by atoms with Gasteiger partial charge in [0.05, 0.1) is 12.7 Å². The van der Waals surface area contributed by atoms with Gasteiger partial charge in [-0.25, -0.2) is 0 Å². The van der Waals surface area contributed by atoms with E-state index >= 15 is 0 Å². The van der Waals surface area contributed by atoms with E-state index in [-0.39, 0.29) is 12.0 Å². The van der Waals surface area contributed by atoms with Crippen LogP contribution in [0.1, 0.15) is 31.7 Å². The Morgan fingerprint density at radius 1 is 1.44 bits per heavy atom. The maximum atomic E-state index is 11.2. The molecule has 1 atom stereocenters. The molecule has 0 aliphatic carbocycles. The Kier molecular flexibility index (Phi) is 4.20. The summed E-state index contributed by atoms with van der Waals surface area (Å²) in [6.45, 7) is 2.39. The molecule has 1 amide bonds. The van der Waals surface area contributed by atoms with Crippen LogP contribution in [0.25, 0.3) is 0 Å². The number of carbonyl (C=O) groups is 1. The fourth-order valence-electron chi connectivity index (χ4n) is 2.02. The Hall–Kier alpha value is -1.55. The van der Waals surface area contributed by atoms with Crippen molar-refractivity contribution >= 4 is 11.6 Å². The second-order valence-corrected chi connectivity index (χ2v) is 4.71. The standard InChI is InChI=1S/C14H19NO3/c1-10(16)3-2-8-18-12-5-6-13-11(9-12)4-7-14(17)15-13/h5-6,9-10,16H,2-4,7-8H2,1H3,(H,15,17). The van der Waals surface area contributed by atoms with Crippen LogP contribution in [0.5, 0.6) is 5.75 Å². The zero-order chi connectivity index (χ0) is 13.0. The number of aryl methyl sites for hydroxylation is 1. The van der Waals surface area contributed by atoms with Crippen molar-refractivity contribution < 1.29 is 14.6 Å². The molecule has 0 aromatic heterocycles. The number of benzene rings is 1. The molecule has 0 saturated carbocycles. The Morgan fingerprint density at radius 3 is 3.06 bits per heavy atom. The Morgan fingerprint density at radius 2 is 2.28 bits per heavy atom. The van der Waals surface area contributed by atoms with Crippen molar-refractivity contribution in [2.75, 3.05) is 11.9 Å². The van der Waals surface area contributed by atoms with E-state index in [1.54, 1.807) is 6.92 Å². The molecular formula is C14H19NO3. The maximum Gasteiger partial charge on any atom is 0.224 e. The Labute approximate surface area is 107 Å². The third-order valence-corrected chi connectivity index (χ3v) is 3.01. The third kappa shape index (κ3) is 3.47. The number of rotatable bonds is 5. The quantitative estimate of drug-likeness (QED) is 0.786. The van der Waals surface area contributed by atoms with Crippen molar-refractivity contribution in [1.29, 1.82) is 0 Å². The van der Waals surface area contributed by atoms with Gasteiger partial charge in [0.25, 0.3) is 0 Å². The summed E-state index contributed by atoms with van der Waals surface area (Å²) in [4.78, 5) is 11.2. The van der Waals surface area contributed by atoms with E-state index in [1.807, 2.05) is 18.2 Å². The predicted molar refractivity (Wildman–Crippen MR) is 69.8 cm³/mol. The van der Waals surface area contributed by atoms with E-state index in [0.29, 0.717) is 13.0 Å². The predicted octanol–water partition coefficient (Wildman–Crippen LogP) is 2.11. The highest BCUT2D eigenvalue weighted by molar-refractivity contribution is 5.93. The molecule has 4 heteroatoms. The lowest BCUT2D eigenvalue weighted by Crippen LogP contribution is -2.18. The van der Waals surface area contributed by atoms with Crippen LogP contribution in [0, 0.1) is 0 Å². The summed E-state index contributed by atoms with van der Waals surface area (Å²) in [5, 5.41) is 12.0. The van der Waals surface area contributed by atoms with E-state index in [2.05, 4.69) is 5.32 Å². The fourth-order valence-corrected chi connectivity index (χ4v) is 2.02. The van der Waals surface area contributed by atoms with E-state index in [0.717, 1.165) is 36.3 Å². The molecule has 1 aromatic rings. The maximum absolute atomic E-state index is 11.2. The minimum atomic E-state index is -0.271. The SMILES string of the molecule is CC(O)CCCOc1ccc2c(c1)CCC(=O)N2. The molecular weight excluding hydrogens is 230 g/mol. The van der Waals surface area contributed by atoms with Gasteiger partial charge < -0.3 is 15.2 Å². The lowest BCUT2D eigenvalue weighted by molar-refractivity contribution is -0.116. The van der Waals surface area contributed by atoms with Crippen LogP contribution in [-0.2, 0) is 11.2 Å². The summed E-state index contributed by atoms with van der Waals surface area (Å²) in [7, 11) is 0. The first-order valence-corrected chi connectivity index (χ1v) is 6.39. The number of ether oxygens (including phenoxy) is 1. The van der Waals surface area contributed by atoms with Crippen LogP contribution in [0.15, 0.2) is 18.2 Å². The first-order valence-electron chi connectivity index (χ1n) is 6.39. The van der Waals surface area contributed by atoms with Crippen molar-refractivity contribution in [2.45, 2.75) is 38.7 Å².